The molecule has 3 N–H and O–H groups in total. The Kier molecular flexibility index (Phi) is 8.88. The molecule has 164 valence electrons. The van der Waals surface area contributed by atoms with E-state index in [1.807, 2.05) is 44.2 Å². The van der Waals surface area contributed by atoms with Gasteiger partial charge in [0.15, 0.2) is 11.1 Å². The Morgan fingerprint density at radius 2 is 1.73 bits per heavy atom. The van der Waals surface area contributed by atoms with Crippen molar-refractivity contribution in [1.29, 1.82) is 0 Å². The highest BCUT2D eigenvalue weighted by Gasteiger charge is 2.40. The first-order valence-corrected chi connectivity index (χ1v) is 11.5. The van der Waals surface area contributed by atoms with Crippen molar-refractivity contribution < 1.29 is 18.7 Å². The fraction of sp³-hybridized carbons (Fsp3) is 0.409. The Morgan fingerprint density at radius 1 is 1.10 bits per heavy atom. The van der Waals surface area contributed by atoms with Gasteiger partial charge in [-0.2, -0.15) is 0 Å². The summed E-state index contributed by atoms with van der Waals surface area (Å²) < 4.78 is 20.8. The molecule has 0 spiro atoms. The van der Waals surface area contributed by atoms with Crippen molar-refractivity contribution in [3.63, 3.8) is 0 Å². The van der Waals surface area contributed by atoms with Crippen LogP contribution in [0.3, 0.4) is 0 Å². The summed E-state index contributed by atoms with van der Waals surface area (Å²) in [5.41, 5.74) is 1.80. The zero-order chi connectivity index (χ0) is 22.5. The van der Waals surface area contributed by atoms with Gasteiger partial charge in [0.2, 0.25) is 0 Å². The summed E-state index contributed by atoms with van der Waals surface area (Å²) in [6, 6.07) is 14.6. The molecule has 0 bridgehead atoms. The van der Waals surface area contributed by atoms with Gasteiger partial charge in [-0.05, 0) is 48.7 Å². The summed E-state index contributed by atoms with van der Waals surface area (Å²) in [6.45, 7) is 5.56. The lowest BCUT2D eigenvalue weighted by atomic mass is 9.79. The van der Waals surface area contributed by atoms with Gasteiger partial charge in [0.25, 0.3) is 0 Å². The summed E-state index contributed by atoms with van der Waals surface area (Å²) in [6.07, 6.45) is -0.266. The standard InChI is InChI=1S/C22H27Cl2NO4S/c1-14(2)25-21(15-7-9-17(23)10-8-15)19(16-5-4-6-18(24)11-16)12-22(3,30(28)29)13-20(26)27/h4-11,14,19,21,25H,12-13H2,1-3H3,(H,26,27)(H,28,29). The van der Waals surface area contributed by atoms with Crippen molar-refractivity contribution in [1.82, 2.24) is 5.32 Å². The zero-order valence-corrected chi connectivity index (χ0v) is 19.5. The molecule has 0 saturated carbocycles. The molecule has 2 aromatic rings. The molecule has 5 nitrogen and oxygen atoms in total. The number of hydrogen-bond acceptors (Lipinski definition) is 3. The normalized spacial score (nSPS) is 16.6. The van der Waals surface area contributed by atoms with Crippen LogP contribution >= 0.6 is 23.2 Å². The molecule has 0 radical (unpaired) electrons. The molecular weight excluding hydrogens is 445 g/mol. The molecule has 2 rings (SSSR count). The minimum absolute atomic E-state index is 0.109. The molecule has 0 heterocycles. The molecule has 0 saturated heterocycles. The van der Waals surface area contributed by atoms with Crippen LogP contribution in [0.15, 0.2) is 48.5 Å². The second-order valence-electron chi connectivity index (χ2n) is 7.99. The Labute approximate surface area is 190 Å². The molecular formula is C22H27Cl2NO4S. The largest absolute Gasteiger partial charge is 0.481 e. The minimum Gasteiger partial charge on any atom is -0.481 e. The number of carbonyl (C=O) groups is 1. The Hall–Kier alpha value is -1.44. The van der Waals surface area contributed by atoms with Crippen LogP contribution in [0.4, 0.5) is 0 Å². The van der Waals surface area contributed by atoms with Crippen molar-refractivity contribution in [2.75, 3.05) is 0 Å². The van der Waals surface area contributed by atoms with E-state index in [-0.39, 0.29) is 24.4 Å². The van der Waals surface area contributed by atoms with Gasteiger partial charge in [-0.25, -0.2) is 4.21 Å². The van der Waals surface area contributed by atoms with Gasteiger partial charge in [0, 0.05) is 28.0 Å². The van der Waals surface area contributed by atoms with Crippen LogP contribution in [0.1, 0.15) is 56.7 Å². The molecule has 0 aliphatic carbocycles. The summed E-state index contributed by atoms with van der Waals surface area (Å²) in [7, 11) is 0. The summed E-state index contributed by atoms with van der Waals surface area (Å²) in [4.78, 5) is 11.4. The van der Waals surface area contributed by atoms with Crippen LogP contribution in [0.2, 0.25) is 10.0 Å². The fourth-order valence-corrected chi connectivity index (χ4v) is 4.52. The smallest absolute Gasteiger partial charge is 0.304 e. The van der Waals surface area contributed by atoms with Crippen molar-refractivity contribution in [2.45, 2.75) is 56.4 Å². The van der Waals surface area contributed by atoms with Crippen LogP contribution in [0.25, 0.3) is 0 Å². The molecule has 4 atom stereocenters. The van der Waals surface area contributed by atoms with E-state index in [0.29, 0.717) is 10.0 Å². The van der Waals surface area contributed by atoms with E-state index in [4.69, 9.17) is 23.2 Å². The molecule has 4 unspecified atom stereocenters. The molecule has 0 aliphatic heterocycles. The number of hydrogen-bond donors (Lipinski definition) is 3. The van der Waals surface area contributed by atoms with Gasteiger partial charge in [-0.3, -0.25) is 4.79 Å². The van der Waals surface area contributed by atoms with Crippen molar-refractivity contribution in [3.8, 4) is 0 Å². The average molecular weight is 472 g/mol. The number of carboxylic acid groups (broad SMARTS) is 1. The quantitative estimate of drug-likeness (QED) is 0.389. The fourth-order valence-electron chi connectivity index (χ4n) is 3.63. The predicted molar refractivity (Wildman–Crippen MR) is 123 cm³/mol. The van der Waals surface area contributed by atoms with Crippen LogP contribution < -0.4 is 5.32 Å². The lowest BCUT2D eigenvalue weighted by Crippen LogP contribution is -2.40. The maximum atomic E-state index is 12.2. The van der Waals surface area contributed by atoms with Crippen molar-refractivity contribution in [3.05, 3.63) is 69.7 Å². The first-order valence-electron chi connectivity index (χ1n) is 9.61. The number of aliphatic carboxylic acids is 1. The summed E-state index contributed by atoms with van der Waals surface area (Å²) in [5.74, 6) is -1.43. The molecule has 2 aromatic carbocycles. The summed E-state index contributed by atoms with van der Waals surface area (Å²) >= 11 is 9.97. The van der Waals surface area contributed by atoms with Gasteiger partial charge >= 0.3 is 5.97 Å². The lowest BCUT2D eigenvalue weighted by Gasteiger charge is -2.36. The number of halogens is 2. The molecule has 8 heteroatoms. The van der Waals surface area contributed by atoms with Crippen LogP contribution in [0, 0.1) is 0 Å². The average Bonchev–Trinajstić information content (AvgIpc) is 2.64. The van der Waals surface area contributed by atoms with E-state index >= 15 is 0 Å². The number of nitrogens with one attached hydrogen (secondary N) is 1. The van der Waals surface area contributed by atoms with Crippen LogP contribution in [0.5, 0.6) is 0 Å². The SMILES string of the molecule is CC(C)NC(c1ccc(Cl)cc1)C(CC(C)(CC(=O)O)S(=O)O)c1cccc(Cl)c1. The highest BCUT2D eigenvalue weighted by Crippen LogP contribution is 2.41. The Bertz CT molecular complexity index is 891. The van der Waals surface area contributed by atoms with E-state index in [1.54, 1.807) is 18.2 Å². The first-order chi connectivity index (χ1) is 14.0. The third-order valence-corrected chi connectivity index (χ3v) is 6.66. The van der Waals surface area contributed by atoms with E-state index in [1.165, 1.54) is 6.92 Å². The minimum atomic E-state index is -2.34. The Balaban J connectivity index is 2.60. The van der Waals surface area contributed by atoms with Gasteiger partial charge < -0.3 is 15.0 Å². The molecule has 0 amide bonds. The molecule has 30 heavy (non-hydrogen) atoms. The molecule has 0 fully saturated rings. The number of benzene rings is 2. The molecule has 0 aliphatic rings. The third-order valence-electron chi connectivity index (χ3n) is 5.02. The topological polar surface area (TPSA) is 86.6 Å². The summed E-state index contributed by atoms with van der Waals surface area (Å²) in [5, 5.41) is 14.0. The van der Waals surface area contributed by atoms with Gasteiger partial charge in [0.05, 0.1) is 11.2 Å². The monoisotopic (exact) mass is 471 g/mol. The van der Waals surface area contributed by atoms with Gasteiger partial charge in [0.1, 0.15) is 0 Å². The van der Waals surface area contributed by atoms with E-state index in [0.717, 1.165) is 11.1 Å². The number of carboxylic acids is 1. The second-order valence-corrected chi connectivity index (χ2v) is 10.3. The number of rotatable bonds is 10. The predicted octanol–water partition coefficient (Wildman–Crippen LogP) is 5.66. The maximum absolute atomic E-state index is 12.2. The lowest BCUT2D eigenvalue weighted by molar-refractivity contribution is -0.137. The van der Waals surface area contributed by atoms with E-state index < -0.39 is 28.2 Å². The molecule has 0 aromatic heterocycles. The second kappa shape index (κ2) is 10.7. The van der Waals surface area contributed by atoms with Gasteiger partial charge in [-0.15, -0.1) is 0 Å². The van der Waals surface area contributed by atoms with Gasteiger partial charge in [-0.1, -0.05) is 61.3 Å². The maximum Gasteiger partial charge on any atom is 0.304 e. The van der Waals surface area contributed by atoms with Crippen molar-refractivity contribution in [2.24, 2.45) is 0 Å². The third kappa shape index (κ3) is 6.79. The van der Waals surface area contributed by atoms with Crippen molar-refractivity contribution >= 4 is 40.3 Å². The highest BCUT2D eigenvalue weighted by atomic mass is 35.5. The zero-order valence-electron chi connectivity index (χ0n) is 17.1. The Morgan fingerprint density at radius 3 is 2.23 bits per heavy atom. The first kappa shape index (κ1) is 24.8. The van der Waals surface area contributed by atoms with Crippen LogP contribution in [-0.4, -0.2) is 30.6 Å². The highest BCUT2D eigenvalue weighted by molar-refractivity contribution is 7.80. The van der Waals surface area contributed by atoms with E-state index in [9.17, 15) is 18.7 Å². The van der Waals surface area contributed by atoms with E-state index in [2.05, 4.69) is 5.32 Å². The van der Waals surface area contributed by atoms with Crippen LogP contribution in [-0.2, 0) is 15.9 Å².